The number of oxime groups is 1. The average molecular weight is 700 g/mol. The highest BCUT2D eigenvalue weighted by Crippen LogP contribution is 2.41. The lowest BCUT2D eigenvalue weighted by Gasteiger charge is -2.49. The van der Waals surface area contributed by atoms with E-state index < -0.39 is 69.9 Å². The van der Waals surface area contributed by atoms with Gasteiger partial charge in [0.15, 0.2) is 0 Å². The summed E-state index contributed by atoms with van der Waals surface area (Å²) >= 11 is 1.20. The molecule has 1 aromatic carbocycles. The normalized spacial score (nSPS) is 18.6. The summed E-state index contributed by atoms with van der Waals surface area (Å²) in [5.41, 5.74) is 0.220. The summed E-state index contributed by atoms with van der Waals surface area (Å²) in [6.07, 6.45) is -1.62. The number of carbonyl (C=O) groups excluding carboxylic acids is 5. The first kappa shape index (κ1) is 37.5. The van der Waals surface area contributed by atoms with Gasteiger partial charge in [-0.3, -0.25) is 23.5 Å². The van der Waals surface area contributed by atoms with Gasteiger partial charge in [-0.25, -0.2) is 9.59 Å². The standard InChI is InChI=1S/C29H37N3O13S2/c1-7-19(8-2)45-29(37)44-17(4)43-28(36)24-18(13-40-5)15-46-27-23(26(35)32(24)27)30-25(34)22(31-41-6)21(33)14-42-47(38,39)20-11-9-16(3)10-12-20/h9-12,17,19,23,27H,7-8,13-15H2,1-6H3,(H,30,34)/t17?,23?,27-/m0/s1. The third-order valence-corrected chi connectivity index (χ3v) is 9.49. The Morgan fingerprint density at radius 3 is 2.32 bits per heavy atom. The molecule has 2 aliphatic rings. The molecule has 0 spiro atoms. The van der Waals surface area contributed by atoms with Crippen LogP contribution in [-0.4, -0.2) is 106 Å². The number of Topliss-reactive ketones (excluding diaryl/α,β-unsaturated/α-hetero) is 1. The molecule has 18 heteroatoms. The molecule has 2 aliphatic heterocycles. The van der Waals surface area contributed by atoms with E-state index in [2.05, 4.69) is 15.3 Å². The summed E-state index contributed by atoms with van der Waals surface area (Å²) in [7, 11) is -1.88. The first-order chi connectivity index (χ1) is 22.3. The molecule has 0 aromatic heterocycles. The molecule has 0 radical (unpaired) electrons. The Bertz CT molecular complexity index is 1520. The van der Waals surface area contributed by atoms with Crippen LogP contribution >= 0.6 is 11.8 Å². The Labute approximate surface area is 276 Å². The van der Waals surface area contributed by atoms with E-state index in [9.17, 15) is 32.4 Å². The Morgan fingerprint density at radius 1 is 1.06 bits per heavy atom. The zero-order chi connectivity index (χ0) is 34.9. The smallest absolute Gasteiger partial charge is 0.431 e. The molecule has 3 atom stereocenters. The predicted octanol–water partition coefficient (Wildman–Crippen LogP) is 1.80. The van der Waals surface area contributed by atoms with Gasteiger partial charge in [-0.15, -0.1) is 11.8 Å². The number of thioether (sulfide) groups is 1. The van der Waals surface area contributed by atoms with Crippen LogP contribution in [0, 0.1) is 6.92 Å². The van der Waals surface area contributed by atoms with Gasteiger partial charge in [0.1, 0.15) is 36.9 Å². The minimum Gasteiger partial charge on any atom is -0.431 e. The molecule has 1 fully saturated rings. The van der Waals surface area contributed by atoms with Crippen LogP contribution in [-0.2, 0) is 57.3 Å². The lowest BCUT2D eigenvalue weighted by molar-refractivity contribution is -0.169. The maximum atomic E-state index is 13.3. The zero-order valence-electron chi connectivity index (χ0n) is 26.7. The van der Waals surface area contributed by atoms with Crippen molar-refractivity contribution in [2.75, 3.05) is 33.2 Å². The number of hydrogen-bond acceptors (Lipinski definition) is 15. The van der Waals surface area contributed by atoms with E-state index in [1.165, 1.54) is 37.9 Å². The summed E-state index contributed by atoms with van der Waals surface area (Å²) in [5.74, 6) is -3.77. The number of β-lactam (4-membered cyclic amide) rings is 1. The van der Waals surface area contributed by atoms with Crippen LogP contribution in [0.1, 0.15) is 39.2 Å². The van der Waals surface area contributed by atoms with E-state index in [4.69, 9.17) is 23.1 Å². The predicted molar refractivity (Wildman–Crippen MR) is 165 cm³/mol. The number of hydrogen-bond donors (Lipinski definition) is 1. The van der Waals surface area contributed by atoms with E-state index in [0.717, 1.165) is 17.6 Å². The number of nitrogens with zero attached hydrogens (tertiary/aromatic N) is 2. The molecule has 0 saturated carbocycles. The molecule has 1 saturated heterocycles. The molecular formula is C29H37N3O13S2. The average Bonchev–Trinajstić information content (AvgIpc) is 3.03. The van der Waals surface area contributed by atoms with Crippen LogP contribution in [0.2, 0.25) is 0 Å². The first-order valence-corrected chi connectivity index (χ1v) is 16.9. The maximum absolute atomic E-state index is 13.3. The number of rotatable bonds is 16. The van der Waals surface area contributed by atoms with Gasteiger partial charge in [-0.2, -0.15) is 8.42 Å². The molecule has 0 aliphatic carbocycles. The van der Waals surface area contributed by atoms with Gasteiger partial charge < -0.3 is 29.1 Å². The number of nitrogens with one attached hydrogen (secondary N) is 1. The van der Waals surface area contributed by atoms with Crippen LogP contribution in [0.15, 0.2) is 45.6 Å². The zero-order valence-corrected chi connectivity index (χ0v) is 28.3. The van der Waals surface area contributed by atoms with E-state index in [-0.39, 0.29) is 29.1 Å². The summed E-state index contributed by atoms with van der Waals surface area (Å²) < 4.78 is 50.5. The minimum absolute atomic E-state index is 0.0262. The van der Waals surface area contributed by atoms with Crippen LogP contribution in [0.3, 0.4) is 0 Å². The second-order valence-corrected chi connectivity index (χ2v) is 12.9. The van der Waals surface area contributed by atoms with Crippen molar-refractivity contribution in [2.45, 2.75) is 69.2 Å². The fraction of sp³-hybridized carbons (Fsp3) is 0.517. The highest BCUT2D eigenvalue weighted by molar-refractivity contribution is 8.00. The topological polar surface area (TPSA) is 202 Å². The van der Waals surface area contributed by atoms with Crippen molar-refractivity contribution >= 4 is 57.3 Å². The highest BCUT2D eigenvalue weighted by atomic mass is 32.2. The van der Waals surface area contributed by atoms with Crippen LogP contribution in [0.5, 0.6) is 0 Å². The molecule has 1 aromatic rings. The van der Waals surface area contributed by atoms with Gasteiger partial charge in [-0.05, 0) is 37.5 Å². The SMILES string of the molecule is CCC(CC)OC(=O)OC(C)OC(=O)C1=C(COC)CS[C@H]2C(NC(=O)C(=NOC)C(=O)COS(=O)(=O)c3ccc(C)cc3)C(=O)N12. The molecular weight excluding hydrogens is 662 g/mol. The number of ether oxygens (including phenoxy) is 4. The first-order valence-electron chi connectivity index (χ1n) is 14.4. The van der Waals surface area contributed by atoms with Crippen LogP contribution in [0.4, 0.5) is 4.79 Å². The fourth-order valence-electron chi connectivity index (χ4n) is 4.43. The molecule has 1 N–H and O–H groups in total. The third-order valence-electron chi connectivity index (χ3n) is 6.87. The van der Waals surface area contributed by atoms with Crippen molar-refractivity contribution in [3.63, 3.8) is 0 Å². The van der Waals surface area contributed by atoms with Gasteiger partial charge in [0, 0.05) is 19.8 Å². The number of carbonyl (C=O) groups is 5. The molecule has 16 nitrogen and oxygen atoms in total. The quantitative estimate of drug-likeness (QED) is 0.0498. The second kappa shape index (κ2) is 16.7. The van der Waals surface area contributed by atoms with Crippen molar-refractivity contribution < 1.29 is 60.4 Å². The molecule has 2 heterocycles. The lowest BCUT2D eigenvalue weighted by Crippen LogP contribution is -2.71. The largest absolute Gasteiger partial charge is 0.511 e. The number of methoxy groups -OCH3 is 1. The highest BCUT2D eigenvalue weighted by Gasteiger charge is 2.55. The van der Waals surface area contributed by atoms with Crippen molar-refractivity contribution in [2.24, 2.45) is 5.16 Å². The Morgan fingerprint density at radius 2 is 1.72 bits per heavy atom. The van der Waals surface area contributed by atoms with Gasteiger partial charge in [0.05, 0.1) is 11.5 Å². The monoisotopic (exact) mass is 699 g/mol. The number of esters is 1. The number of benzene rings is 1. The van der Waals surface area contributed by atoms with Gasteiger partial charge in [-0.1, -0.05) is 36.7 Å². The van der Waals surface area contributed by atoms with E-state index >= 15 is 0 Å². The van der Waals surface area contributed by atoms with Gasteiger partial charge in [0.25, 0.3) is 21.9 Å². The lowest BCUT2D eigenvalue weighted by atomic mass is 10.0. The van der Waals surface area contributed by atoms with Gasteiger partial charge >= 0.3 is 12.1 Å². The van der Waals surface area contributed by atoms with Crippen LogP contribution in [0.25, 0.3) is 0 Å². The summed E-state index contributed by atoms with van der Waals surface area (Å²) in [5, 5.41) is 5.00. The van der Waals surface area contributed by atoms with E-state index in [0.29, 0.717) is 18.4 Å². The number of amides is 2. The number of aryl methyl sites for hydroxylation is 1. The molecule has 0 bridgehead atoms. The number of fused-ring (bicyclic) bond motifs is 1. The molecule has 258 valence electrons. The fourth-order valence-corrected chi connectivity index (χ4v) is 6.63. The minimum atomic E-state index is -4.34. The number of ketones is 1. The Balaban J connectivity index is 1.68. The molecule has 2 amide bonds. The van der Waals surface area contributed by atoms with Crippen molar-refractivity contribution in [3.05, 3.63) is 41.1 Å². The maximum Gasteiger partial charge on any atom is 0.511 e. The summed E-state index contributed by atoms with van der Waals surface area (Å²) in [6.45, 7) is 5.65. The Hall–Kier alpha value is -4.00. The summed E-state index contributed by atoms with van der Waals surface area (Å²) in [6, 6.07) is 4.48. The van der Waals surface area contributed by atoms with Crippen molar-refractivity contribution in [1.29, 1.82) is 0 Å². The van der Waals surface area contributed by atoms with E-state index in [1.54, 1.807) is 19.1 Å². The Kier molecular flexibility index (Phi) is 13.3. The molecule has 3 rings (SSSR count). The summed E-state index contributed by atoms with van der Waals surface area (Å²) in [4.78, 5) is 70.0. The van der Waals surface area contributed by atoms with Crippen molar-refractivity contribution in [3.8, 4) is 0 Å². The van der Waals surface area contributed by atoms with E-state index in [1.807, 2.05) is 13.8 Å². The van der Waals surface area contributed by atoms with Crippen LogP contribution < -0.4 is 5.32 Å². The molecule has 47 heavy (non-hydrogen) atoms. The van der Waals surface area contributed by atoms with Gasteiger partial charge in [0.2, 0.25) is 17.8 Å². The molecule has 2 unspecified atom stereocenters. The third kappa shape index (κ3) is 9.30. The second-order valence-electron chi connectivity index (χ2n) is 10.2. The van der Waals surface area contributed by atoms with Crippen molar-refractivity contribution in [1.82, 2.24) is 10.2 Å².